The summed E-state index contributed by atoms with van der Waals surface area (Å²) in [5, 5.41) is 3.36. The molecular weight excluding hydrogens is 324 g/mol. The van der Waals surface area contributed by atoms with Gasteiger partial charge in [0.25, 0.3) is 0 Å². The molecule has 1 saturated heterocycles. The van der Waals surface area contributed by atoms with E-state index in [1.54, 1.807) is 0 Å². The lowest BCUT2D eigenvalue weighted by atomic mass is 9.89. The van der Waals surface area contributed by atoms with Crippen LogP contribution in [0.4, 0.5) is 0 Å². The first kappa shape index (κ1) is 20.9. The second-order valence-corrected chi connectivity index (χ2v) is 8.38. The predicted octanol–water partition coefficient (Wildman–Crippen LogP) is 4.00. The van der Waals surface area contributed by atoms with Crippen molar-refractivity contribution in [1.82, 2.24) is 10.2 Å². The average Bonchev–Trinajstić information content (AvgIpc) is 2.63. The number of nitrogens with zero attached hydrogens (tertiary/aromatic N) is 1. The van der Waals surface area contributed by atoms with E-state index in [-0.39, 0.29) is 17.5 Å². The van der Waals surface area contributed by atoms with Gasteiger partial charge in [0.05, 0.1) is 5.92 Å². The first-order valence-electron chi connectivity index (χ1n) is 10.1. The zero-order chi connectivity index (χ0) is 18.8. The first-order valence-corrected chi connectivity index (χ1v) is 10.1. The SMILES string of the molecule is CC(C)(C)OC(=O)C1CCCCC1.c1ccc(CN2CCNCC2)cc1. The Hall–Kier alpha value is -1.39. The van der Waals surface area contributed by atoms with Crippen LogP contribution in [-0.2, 0) is 16.1 Å². The van der Waals surface area contributed by atoms with Crippen LogP contribution in [0.2, 0.25) is 0 Å². The van der Waals surface area contributed by atoms with Gasteiger partial charge in [0.15, 0.2) is 0 Å². The van der Waals surface area contributed by atoms with Gasteiger partial charge in [-0.1, -0.05) is 49.6 Å². The smallest absolute Gasteiger partial charge is 0.309 e. The number of carbonyl (C=O) groups excluding carboxylic acids is 1. The van der Waals surface area contributed by atoms with E-state index < -0.39 is 0 Å². The molecule has 0 aromatic heterocycles. The van der Waals surface area contributed by atoms with Crippen LogP contribution in [0.25, 0.3) is 0 Å². The molecule has 3 rings (SSSR count). The molecule has 0 atom stereocenters. The van der Waals surface area contributed by atoms with Gasteiger partial charge in [-0.15, -0.1) is 0 Å². The van der Waals surface area contributed by atoms with Crippen molar-refractivity contribution < 1.29 is 9.53 Å². The number of hydrogen-bond acceptors (Lipinski definition) is 4. The molecule has 1 saturated carbocycles. The van der Waals surface area contributed by atoms with Gasteiger partial charge in [0.1, 0.15) is 5.60 Å². The normalized spacial score (nSPS) is 19.3. The maximum absolute atomic E-state index is 11.6. The molecule has 146 valence electrons. The van der Waals surface area contributed by atoms with Crippen LogP contribution < -0.4 is 5.32 Å². The lowest BCUT2D eigenvalue weighted by molar-refractivity contribution is -0.161. The Balaban J connectivity index is 0.000000187. The molecule has 0 amide bonds. The third-order valence-corrected chi connectivity index (χ3v) is 4.80. The number of nitrogens with one attached hydrogen (secondary N) is 1. The Bertz CT molecular complexity index is 513. The number of rotatable bonds is 3. The molecule has 0 radical (unpaired) electrons. The molecule has 0 bridgehead atoms. The second kappa shape index (κ2) is 10.7. The Morgan fingerprint density at radius 3 is 2.27 bits per heavy atom. The van der Waals surface area contributed by atoms with Crippen LogP contribution in [0, 0.1) is 5.92 Å². The van der Waals surface area contributed by atoms with Crippen molar-refractivity contribution in [3.63, 3.8) is 0 Å². The molecular formula is C22H36N2O2. The Labute approximate surface area is 159 Å². The maximum atomic E-state index is 11.6. The molecule has 1 aliphatic carbocycles. The van der Waals surface area contributed by atoms with E-state index >= 15 is 0 Å². The standard InChI is InChI=1S/C11H16N2.C11H20O2/c1-2-4-11(5-3-1)10-13-8-6-12-7-9-13;1-11(2,3)13-10(12)9-7-5-4-6-8-9/h1-5,12H,6-10H2;9H,4-8H2,1-3H3. The molecule has 4 nitrogen and oxygen atoms in total. The van der Waals surface area contributed by atoms with Crippen LogP contribution in [-0.4, -0.2) is 42.6 Å². The quantitative estimate of drug-likeness (QED) is 0.827. The van der Waals surface area contributed by atoms with Crippen molar-refractivity contribution >= 4 is 5.97 Å². The van der Waals surface area contributed by atoms with E-state index in [1.807, 2.05) is 20.8 Å². The fourth-order valence-corrected chi connectivity index (χ4v) is 3.43. The fourth-order valence-electron chi connectivity index (χ4n) is 3.43. The van der Waals surface area contributed by atoms with Gasteiger partial charge >= 0.3 is 5.97 Å². The summed E-state index contributed by atoms with van der Waals surface area (Å²) >= 11 is 0. The number of ether oxygens (including phenoxy) is 1. The lowest BCUT2D eigenvalue weighted by Gasteiger charge is -2.27. The molecule has 1 aliphatic heterocycles. The van der Waals surface area contributed by atoms with E-state index in [4.69, 9.17) is 4.74 Å². The monoisotopic (exact) mass is 360 g/mol. The second-order valence-electron chi connectivity index (χ2n) is 8.38. The van der Waals surface area contributed by atoms with Crippen LogP contribution in [0.5, 0.6) is 0 Å². The predicted molar refractivity (Wildman–Crippen MR) is 107 cm³/mol. The zero-order valence-electron chi connectivity index (χ0n) is 16.8. The summed E-state index contributed by atoms with van der Waals surface area (Å²) in [6.45, 7) is 11.5. The molecule has 1 N–H and O–H groups in total. The van der Waals surface area contributed by atoms with Gasteiger partial charge in [-0.05, 0) is 39.2 Å². The van der Waals surface area contributed by atoms with Gasteiger partial charge in [0.2, 0.25) is 0 Å². The van der Waals surface area contributed by atoms with Gasteiger partial charge in [-0.2, -0.15) is 0 Å². The van der Waals surface area contributed by atoms with Crippen LogP contribution in [0.1, 0.15) is 58.4 Å². The summed E-state index contributed by atoms with van der Waals surface area (Å²) in [6.07, 6.45) is 5.69. The number of piperazine rings is 1. The highest BCUT2D eigenvalue weighted by Gasteiger charge is 2.26. The molecule has 1 heterocycles. The molecule has 26 heavy (non-hydrogen) atoms. The minimum Gasteiger partial charge on any atom is -0.460 e. The Morgan fingerprint density at radius 1 is 1.08 bits per heavy atom. The summed E-state index contributed by atoms with van der Waals surface area (Å²) < 4.78 is 5.34. The highest BCUT2D eigenvalue weighted by molar-refractivity contribution is 5.72. The van der Waals surface area contributed by atoms with Crippen molar-refractivity contribution in [1.29, 1.82) is 0 Å². The van der Waals surface area contributed by atoms with Gasteiger partial charge in [-0.25, -0.2) is 0 Å². The molecule has 4 heteroatoms. The van der Waals surface area contributed by atoms with Crippen molar-refractivity contribution in [3.05, 3.63) is 35.9 Å². The van der Waals surface area contributed by atoms with E-state index in [0.717, 1.165) is 32.5 Å². The highest BCUT2D eigenvalue weighted by atomic mass is 16.6. The highest BCUT2D eigenvalue weighted by Crippen LogP contribution is 2.26. The number of benzene rings is 1. The summed E-state index contributed by atoms with van der Waals surface area (Å²) in [4.78, 5) is 14.1. The van der Waals surface area contributed by atoms with Crippen molar-refractivity contribution in [2.45, 2.75) is 65.0 Å². The summed E-state index contributed by atoms with van der Waals surface area (Å²) in [7, 11) is 0. The van der Waals surface area contributed by atoms with Gasteiger partial charge in [0, 0.05) is 32.7 Å². The summed E-state index contributed by atoms with van der Waals surface area (Å²) in [5.74, 6) is 0.181. The largest absolute Gasteiger partial charge is 0.460 e. The minimum absolute atomic E-state index is 0.00667. The molecule has 2 aliphatic rings. The van der Waals surface area contributed by atoms with Crippen LogP contribution in [0.3, 0.4) is 0 Å². The van der Waals surface area contributed by atoms with Crippen molar-refractivity contribution in [2.75, 3.05) is 26.2 Å². The average molecular weight is 361 g/mol. The van der Waals surface area contributed by atoms with Gasteiger partial charge < -0.3 is 10.1 Å². The van der Waals surface area contributed by atoms with Crippen molar-refractivity contribution in [2.24, 2.45) is 5.92 Å². The maximum Gasteiger partial charge on any atom is 0.309 e. The minimum atomic E-state index is -0.325. The molecule has 1 aromatic rings. The summed E-state index contributed by atoms with van der Waals surface area (Å²) in [5.41, 5.74) is 1.10. The number of carbonyl (C=O) groups is 1. The zero-order valence-corrected chi connectivity index (χ0v) is 16.8. The number of hydrogen-bond donors (Lipinski definition) is 1. The van der Waals surface area contributed by atoms with Crippen LogP contribution >= 0.6 is 0 Å². The molecule has 0 unspecified atom stereocenters. The van der Waals surface area contributed by atoms with Crippen LogP contribution in [0.15, 0.2) is 30.3 Å². The van der Waals surface area contributed by atoms with Gasteiger partial charge in [-0.3, -0.25) is 9.69 Å². The lowest BCUT2D eigenvalue weighted by Crippen LogP contribution is -2.42. The molecule has 0 spiro atoms. The molecule has 2 fully saturated rings. The van der Waals surface area contributed by atoms with E-state index in [2.05, 4.69) is 40.5 Å². The number of esters is 1. The third kappa shape index (κ3) is 8.33. The van der Waals surface area contributed by atoms with E-state index in [1.165, 1.54) is 37.9 Å². The first-order chi connectivity index (χ1) is 12.4. The Morgan fingerprint density at radius 2 is 1.69 bits per heavy atom. The summed E-state index contributed by atoms with van der Waals surface area (Å²) in [6, 6.07) is 10.7. The van der Waals surface area contributed by atoms with E-state index in [0.29, 0.717) is 0 Å². The Kier molecular flexibility index (Phi) is 8.60. The van der Waals surface area contributed by atoms with E-state index in [9.17, 15) is 4.79 Å². The van der Waals surface area contributed by atoms with Crippen molar-refractivity contribution in [3.8, 4) is 0 Å². The fraction of sp³-hybridized carbons (Fsp3) is 0.682. The molecule has 1 aromatic carbocycles. The third-order valence-electron chi connectivity index (χ3n) is 4.80. The topological polar surface area (TPSA) is 41.6 Å².